The van der Waals surface area contributed by atoms with Gasteiger partial charge < -0.3 is 5.32 Å². The predicted molar refractivity (Wildman–Crippen MR) is 85.7 cm³/mol. The lowest BCUT2D eigenvalue weighted by Crippen LogP contribution is -2.01. The van der Waals surface area contributed by atoms with Crippen molar-refractivity contribution in [2.24, 2.45) is 0 Å². The van der Waals surface area contributed by atoms with Crippen LogP contribution in [0.5, 0.6) is 0 Å². The number of thiophene rings is 1. The van der Waals surface area contributed by atoms with Crippen LogP contribution in [0.25, 0.3) is 10.2 Å². The van der Waals surface area contributed by atoms with E-state index < -0.39 is 0 Å². The van der Waals surface area contributed by atoms with Crippen LogP contribution in [-0.4, -0.2) is 15.0 Å². The maximum Gasteiger partial charge on any atom is 0.138 e. The summed E-state index contributed by atoms with van der Waals surface area (Å²) in [6, 6.07) is 0. The van der Waals surface area contributed by atoms with Crippen LogP contribution in [0.4, 0.5) is 5.82 Å². The first-order chi connectivity index (χ1) is 9.69. The van der Waals surface area contributed by atoms with Gasteiger partial charge in [0.05, 0.1) is 11.9 Å². The van der Waals surface area contributed by atoms with Gasteiger partial charge in [-0.1, -0.05) is 6.92 Å². The van der Waals surface area contributed by atoms with E-state index in [-0.39, 0.29) is 0 Å². The molecule has 0 aliphatic rings. The molecule has 6 heteroatoms. The zero-order valence-corrected chi connectivity index (χ0v) is 13.4. The number of thiazole rings is 1. The van der Waals surface area contributed by atoms with E-state index >= 15 is 0 Å². The molecule has 3 heterocycles. The largest absolute Gasteiger partial charge is 0.363 e. The van der Waals surface area contributed by atoms with Crippen LogP contribution in [-0.2, 0) is 13.0 Å². The molecule has 20 heavy (non-hydrogen) atoms. The summed E-state index contributed by atoms with van der Waals surface area (Å²) in [5.41, 5.74) is 1.27. The Labute approximate surface area is 125 Å². The maximum atomic E-state index is 4.43. The second-order valence-electron chi connectivity index (χ2n) is 4.61. The van der Waals surface area contributed by atoms with Gasteiger partial charge in [-0.25, -0.2) is 15.0 Å². The van der Waals surface area contributed by atoms with E-state index in [1.54, 1.807) is 29.0 Å². The molecule has 0 bridgehead atoms. The molecule has 3 aromatic rings. The summed E-state index contributed by atoms with van der Waals surface area (Å²) >= 11 is 3.47. The zero-order chi connectivity index (χ0) is 14.1. The molecule has 0 radical (unpaired) electrons. The fraction of sp³-hybridized carbons (Fsp3) is 0.357. The normalized spacial score (nSPS) is 11.2. The zero-order valence-electron chi connectivity index (χ0n) is 11.7. The molecule has 0 atom stereocenters. The van der Waals surface area contributed by atoms with E-state index in [0.717, 1.165) is 27.5 Å². The van der Waals surface area contributed by atoms with Gasteiger partial charge in [0, 0.05) is 16.0 Å². The number of hydrogen-bond acceptors (Lipinski definition) is 6. The number of fused-ring (bicyclic) bond motifs is 1. The van der Waals surface area contributed by atoms with Gasteiger partial charge in [-0.15, -0.1) is 22.7 Å². The Morgan fingerprint density at radius 3 is 2.75 bits per heavy atom. The molecule has 0 aromatic carbocycles. The number of rotatable bonds is 4. The van der Waals surface area contributed by atoms with Crippen molar-refractivity contribution in [3.05, 3.63) is 32.8 Å². The minimum absolute atomic E-state index is 0.713. The lowest BCUT2D eigenvalue weighted by molar-refractivity contribution is 1.07. The fourth-order valence-electron chi connectivity index (χ4n) is 2.07. The molecule has 0 fully saturated rings. The standard InChI is InChI=1S/C14H16N4S2/c1-4-10-5-15-11(20-10)6-16-13-12-8(2)9(3)19-14(12)18-7-17-13/h5,7H,4,6H2,1-3H3,(H,16,17,18). The van der Waals surface area contributed by atoms with Crippen molar-refractivity contribution >= 4 is 38.7 Å². The van der Waals surface area contributed by atoms with Crippen LogP contribution < -0.4 is 5.32 Å². The number of nitrogens with one attached hydrogen (secondary N) is 1. The molecule has 0 aliphatic carbocycles. The number of hydrogen-bond donors (Lipinski definition) is 1. The number of nitrogens with zero attached hydrogens (tertiary/aromatic N) is 3. The van der Waals surface area contributed by atoms with E-state index in [4.69, 9.17) is 0 Å². The van der Waals surface area contributed by atoms with Crippen LogP contribution in [0.3, 0.4) is 0 Å². The first-order valence-electron chi connectivity index (χ1n) is 6.57. The first-order valence-corrected chi connectivity index (χ1v) is 8.20. The van der Waals surface area contributed by atoms with Gasteiger partial charge in [-0.2, -0.15) is 0 Å². The van der Waals surface area contributed by atoms with Gasteiger partial charge in [-0.3, -0.25) is 0 Å². The highest BCUT2D eigenvalue weighted by Crippen LogP contribution is 2.32. The lowest BCUT2D eigenvalue weighted by atomic mass is 10.2. The third kappa shape index (κ3) is 2.41. The van der Waals surface area contributed by atoms with E-state index in [1.807, 2.05) is 6.20 Å². The Morgan fingerprint density at radius 2 is 2.00 bits per heavy atom. The second-order valence-corrected chi connectivity index (χ2v) is 7.02. The molecule has 1 N–H and O–H groups in total. The molecule has 3 rings (SSSR count). The quantitative estimate of drug-likeness (QED) is 0.793. The third-order valence-corrected chi connectivity index (χ3v) is 5.58. The first kappa shape index (κ1) is 13.5. The summed E-state index contributed by atoms with van der Waals surface area (Å²) in [6.45, 7) is 7.11. The van der Waals surface area contributed by atoms with Crippen LogP contribution in [0, 0.1) is 13.8 Å². The summed E-state index contributed by atoms with van der Waals surface area (Å²) in [5.74, 6) is 0.907. The Balaban J connectivity index is 1.87. The predicted octanol–water partition coefficient (Wildman–Crippen LogP) is 3.94. The highest BCUT2D eigenvalue weighted by atomic mass is 32.1. The van der Waals surface area contributed by atoms with Crippen molar-refractivity contribution in [1.82, 2.24) is 15.0 Å². The third-order valence-electron chi connectivity index (χ3n) is 3.32. The SMILES string of the molecule is CCc1cnc(CNc2ncnc3sc(C)c(C)c23)s1. The second kappa shape index (κ2) is 5.46. The molecule has 0 unspecified atom stereocenters. The Hall–Kier alpha value is -1.53. The average molecular weight is 304 g/mol. The van der Waals surface area contributed by atoms with Gasteiger partial charge in [0.25, 0.3) is 0 Å². The van der Waals surface area contributed by atoms with Crippen LogP contribution in [0.1, 0.15) is 27.2 Å². The Morgan fingerprint density at radius 1 is 1.15 bits per heavy atom. The van der Waals surface area contributed by atoms with Gasteiger partial charge in [0.2, 0.25) is 0 Å². The van der Waals surface area contributed by atoms with Crippen LogP contribution in [0.15, 0.2) is 12.5 Å². The van der Waals surface area contributed by atoms with Gasteiger partial charge in [0.15, 0.2) is 0 Å². The van der Waals surface area contributed by atoms with E-state index in [0.29, 0.717) is 6.54 Å². The monoisotopic (exact) mass is 304 g/mol. The summed E-state index contributed by atoms with van der Waals surface area (Å²) in [5, 5.41) is 5.64. The molecule has 104 valence electrons. The highest BCUT2D eigenvalue weighted by molar-refractivity contribution is 7.18. The molecule has 0 spiro atoms. The van der Waals surface area contributed by atoms with Crippen molar-refractivity contribution < 1.29 is 0 Å². The summed E-state index contributed by atoms with van der Waals surface area (Å²) in [7, 11) is 0. The van der Waals surface area contributed by atoms with E-state index in [9.17, 15) is 0 Å². The summed E-state index contributed by atoms with van der Waals surface area (Å²) < 4.78 is 0. The highest BCUT2D eigenvalue weighted by Gasteiger charge is 2.12. The number of anilines is 1. The number of aryl methyl sites for hydroxylation is 3. The minimum Gasteiger partial charge on any atom is -0.363 e. The van der Waals surface area contributed by atoms with Gasteiger partial charge >= 0.3 is 0 Å². The van der Waals surface area contributed by atoms with Crippen molar-refractivity contribution in [2.45, 2.75) is 33.7 Å². The molecular formula is C14H16N4S2. The maximum absolute atomic E-state index is 4.43. The van der Waals surface area contributed by atoms with E-state index in [2.05, 4.69) is 41.0 Å². The van der Waals surface area contributed by atoms with Crippen molar-refractivity contribution in [1.29, 1.82) is 0 Å². The molecule has 3 aromatic heterocycles. The van der Waals surface area contributed by atoms with Crippen LogP contribution >= 0.6 is 22.7 Å². The Kier molecular flexibility index (Phi) is 3.67. The van der Waals surface area contributed by atoms with Crippen LogP contribution in [0.2, 0.25) is 0 Å². The molecule has 0 saturated carbocycles. The van der Waals surface area contributed by atoms with Crippen molar-refractivity contribution in [3.63, 3.8) is 0 Å². The number of aromatic nitrogens is 3. The molecule has 0 saturated heterocycles. The van der Waals surface area contributed by atoms with Gasteiger partial charge in [-0.05, 0) is 25.8 Å². The molecule has 0 aliphatic heterocycles. The lowest BCUT2D eigenvalue weighted by Gasteiger charge is -2.05. The summed E-state index contributed by atoms with van der Waals surface area (Å²) in [6.07, 6.45) is 4.62. The summed E-state index contributed by atoms with van der Waals surface area (Å²) in [4.78, 5) is 16.8. The minimum atomic E-state index is 0.713. The van der Waals surface area contributed by atoms with Crippen molar-refractivity contribution in [3.8, 4) is 0 Å². The molecule has 0 amide bonds. The van der Waals surface area contributed by atoms with Crippen molar-refractivity contribution in [2.75, 3.05) is 5.32 Å². The topological polar surface area (TPSA) is 50.7 Å². The fourth-order valence-corrected chi connectivity index (χ4v) is 3.87. The van der Waals surface area contributed by atoms with Gasteiger partial charge in [0.1, 0.15) is 22.0 Å². The molecule has 4 nitrogen and oxygen atoms in total. The van der Waals surface area contributed by atoms with E-state index in [1.165, 1.54) is 15.3 Å². The molecular weight excluding hydrogens is 288 g/mol. The smallest absolute Gasteiger partial charge is 0.138 e. The average Bonchev–Trinajstić information content (AvgIpc) is 3.02. The Bertz CT molecular complexity index is 745.